The van der Waals surface area contributed by atoms with Gasteiger partial charge in [-0.3, -0.25) is 4.79 Å². The summed E-state index contributed by atoms with van der Waals surface area (Å²) in [6, 6.07) is 7.63. The molecule has 0 aliphatic rings. The third-order valence-corrected chi connectivity index (χ3v) is 3.26. The van der Waals surface area contributed by atoms with Crippen LogP contribution in [0.25, 0.3) is 0 Å². The highest BCUT2D eigenvalue weighted by molar-refractivity contribution is 14.0. The zero-order chi connectivity index (χ0) is 18.0. The second-order valence-corrected chi connectivity index (χ2v) is 6.88. The Morgan fingerprint density at radius 2 is 1.88 bits per heavy atom. The zero-order valence-corrected chi connectivity index (χ0v) is 18.4. The van der Waals surface area contributed by atoms with E-state index in [9.17, 15) is 4.79 Å². The third kappa shape index (κ3) is 10.3. The van der Waals surface area contributed by atoms with Gasteiger partial charge in [-0.15, -0.1) is 24.0 Å². The first-order chi connectivity index (χ1) is 11.4. The van der Waals surface area contributed by atoms with Gasteiger partial charge >= 0.3 is 0 Å². The Kier molecular flexibility index (Phi) is 11.5. The quantitative estimate of drug-likeness (QED) is 0.252. The van der Waals surface area contributed by atoms with Gasteiger partial charge in [-0.05, 0) is 51.8 Å². The number of hydrogen-bond acceptors (Lipinski definition) is 2. The average Bonchev–Trinajstić information content (AvgIpc) is 2.51. The van der Waals surface area contributed by atoms with Gasteiger partial charge in [-0.2, -0.15) is 0 Å². The summed E-state index contributed by atoms with van der Waals surface area (Å²) in [6.07, 6.45) is 2.27. The van der Waals surface area contributed by atoms with Gasteiger partial charge < -0.3 is 16.0 Å². The van der Waals surface area contributed by atoms with E-state index in [0.717, 1.165) is 37.5 Å². The summed E-state index contributed by atoms with van der Waals surface area (Å²) in [5.74, 6) is 0.761. The van der Waals surface area contributed by atoms with Crippen molar-refractivity contribution in [2.45, 2.75) is 59.5 Å². The molecule has 0 fully saturated rings. The molecule has 0 saturated heterocycles. The number of benzene rings is 1. The van der Waals surface area contributed by atoms with Crippen molar-refractivity contribution < 1.29 is 4.79 Å². The molecule has 0 atom stereocenters. The molecule has 0 spiro atoms. The minimum atomic E-state index is -0.243. The lowest BCUT2D eigenvalue weighted by Gasteiger charge is -2.20. The van der Waals surface area contributed by atoms with Crippen molar-refractivity contribution in [2.24, 2.45) is 4.99 Å². The second-order valence-electron chi connectivity index (χ2n) is 6.88. The molecule has 1 aromatic rings. The lowest BCUT2D eigenvalue weighted by molar-refractivity contribution is 0.0919. The van der Waals surface area contributed by atoms with E-state index in [4.69, 9.17) is 0 Å². The largest absolute Gasteiger partial charge is 0.357 e. The normalized spacial score (nSPS) is 11.5. The van der Waals surface area contributed by atoms with E-state index >= 15 is 0 Å². The smallest absolute Gasteiger partial charge is 0.251 e. The number of carbonyl (C=O) groups is 1. The number of rotatable bonds is 7. The molecule has 142 valence electrons. The highest BCUT2D eigenvalue weighted by atomic mass is 127. The van der Waals surface area contributed by atoms with Crippen molar-refractivity contribution in [3.63, 3.8) is 0 Å². The maximum atomic E-state index is 12.3. The van der Waals surface area contributed by atoms with Crippen LogP contribution in [0.2, 0.25) is 0 Å². The van der Waals surface area contributed by atoms with Crippen molar-refractivity contribution in [1.82, 2.24) is 16.0 Å². The number of guanidine groups is 1. The maximum absolute atomic E-state index is 12.3. The standard InChI is InChI=1S/C19H32N4O.HI/c1-6-8-12-21-18(20-7-2)22-14-15-10-9-11-16(13-15)17(24)23-19(3,4)5;/h9-11,13H,6-8,12,14H2,1-5H3,(H,23,24)(H2,20,21,22);1H. The minimum absolute atomic E-state index is 0. The molecule has 1 amide bonds. The Morgan fingerprint density at radius 1 is 1.16 bits per heavy atom. The summed E-state index contributed by atoms with van der Waals surface area (Å²) < 4.78 is 0. The molecule has 0 aromatic heterocycles. The monoisotopic (exact) mass is 460 g/mol. The fourth-order valence-electron chi connectivity index (χ4n) is 2.12. The van der Waals surface area contributed by atoms with Gasteiger partial charge in [0.25, 0.3) is 5.91 Å². The lowest BCUT2D eigenvalue weighted by atomic mass is 10.1. The molecule has 0 radical (unpaired) electrons. The topological polar surface area (TPSA) is 65.5 Å². The molecule has 0 saturated carbocycles. The molecule has 6 heteroatoms. The third-order valence-electron chi connectivity index (χ3n) is 3.26. The molecule has 3 N–H and O–H groups in total. The van der Waals surface area contributed by atoms with Gasteiger partial charge in [0, 0.05) is 24.2 Å². The Bertz CT molecular complexity index is 553. The Hall–Kier alpha value is -1.31. The molecule has 0 bridgehead atoms. The van der Waals surface area contributed by atoms with Crippen molar-refractivity contribution >= 4 is 35.8 Å². The Balaban J connectivity index is 0.00000576. The molecule has 1 rings (SSSR count). The number of amides is 1. The van der Waals surface area contributed by atoms with Gasteiger partial charge in [-0.1, -0.05) is 25.5 Å². The van der Waals surface area contributed by atoms with Crippen molar-refractivity contribution in [2.75, 3.05) is 13.1 Å². The molecular formula is C19H33IN4O. The maximum Gasteiger partial charge on any atom is 0.251 e. The van der Waals surface area contributed by atoms with Crippen LogP contribution in [0, 0.1) is 0 Å². The molecule has 5 nitrogen and oxygen atoms in total. The number of hydrogen-bond donors (Lipinski definition) is 3. The predicted octanol–water partition coefficient (Wildman–Crippen LogP) is 3.69. The first-order valence-corrected chi connectivity index (χ1v) is 8.79. The van der Waals surface area contributed by atoms with Crippen LogP contribution in [0.5, 0.6) is 0 Å². The number of carbonyl (C=O) groups excluding carboxylic acids is 1. The molecule has 25 heavy (non-hydrogen) atoms. The summed E-state index contributed by atoms with van der Waals surface area (Å²) in [4.78, 5) is 16.8. The van der Waals surface area contributed by atoms with E-state index in [2.05, 4.69) is 34.8 Å². The van der Waals surface area contributed by atoms with E-state index in [1.165, 1.54) is 0 Å². The van der Waals surface area contributed by atoms with Gasteiger partial charge in [0.05, 0.1) is 6.54 Å². The van der Waals surface area contributed by atoms with Crippen LogP contribution < -0.4 is 16.0 Å². The average molecular weight is 460 g/mol. The van der Waals surface area contributed by atoms with Crippen LogP contribution in [0.3, 0.4) is 0 Å². The van der Waals surface area contributed by atoms with Crippen LogP contribution in [-0.2, 0) is 6.54 Å². The first kappa shape index (κ1) is 23.7. The first-order valence-electron chi connectivity index (χ1n) is 8.79. The van der Waals surface area contributed by atoms with Crippen LogP contribution in [0.15, 0.2) is 29.3 Å². The molecule has 0 aliphatic carbocycles. The number of nitrogens with one attached hydrogen (secondary N) is 3. The summed E-state index contributed by atoms with van der Waals surface area (Å²) in [6.45, 7) is 12.4. The highest BCUT2D eigenvalue weighted by Gasteiger charge is 2.15. The van der Waals surface area contributed by atoms with Gasteiger partial charge in [-0.25, -0.2) is 4.99 Å². The van der Waals surface area contributed by atoms with Gasteiger partial charge in [0.15, 0.2) is 5.96 Å². The molecular weight excluding hydrogens is 427 g/mol. The zero-order valence-electron chi connectivity index (χ0n) is 16.1. The van der Waals surface area contributed by atoms with E-state index in [0.29, 0.717) is 12.1 Å². The van der Waals surface area contributed by atoms with E-state index in [1.807, 2.05) is 45.0 Å². The SMILES string of the molecule is CCCCNC(=NCc1cccc(C(=O)NC(C)(C)C)c1)NCC.I. The van der Waals surface area contributed by atoms with E-state index in [-0.39, 0.29) is 35.4 Å². The molecule has 1 aromatic carbocycles. The van der Waals surface area contributed by atoms with E-state index in [1.54, 1.807) is 0 Å². The second kappa shape index (κ2) is 12.1. The highest BCUT2D eigenvalue weighted by Crippen LogP contribution is 2.09. The Labute approximate surface area is 169 Å². The summed E-state index contributed by atoms with van der Waals surface area (Å²) in [7, 11) is 0. The van der Waals surface area contributed by atoms with Crippen molar-refractivity contribution in [3.8, 4) is 0 Å². The van der Waals surface area contributed by atoms with Crippen LogP contribution >= 0.6 is 24.0 Å². The minimum Gasteiger partial charge on any atom is -0.357 e. The summed E-state index contributed by atoms with van der Waals surface area (Å²) in [5, 5.41) is 9.54. The lowest BCUT2D eigenvalue weighted by Crippen LogP contribution is -2.40. The van der Waals surface area contributed by atoms with Crippen LogP contribution in [0.1, 0.15) is 63.4 Å². The fourth-order valence-corrected chi connectivity index (χ4v) is 2.12. The molecule has 0 unspecified atom stereocenters. The van der Waals surface area contributed by atoms with Crippen LogP contribution in [0.4, 0.5) is 0 Å². The van der Waals surface area contributed by atoms with Gasteiger partial charge in [0.1, 0.15) is 0 Å². The van der Waals surface area contributed by atoms with E-state index < -0.39 is 0 Å². The molecule has 0 aliphatic heterocycles. The predicted molar refractivity (Wildman–Crippen MR) is 117 cm³/mol. The summed E-state index contributed by atoms with van der Waals surface area (Å²) >= 11 is 0. The number of halogens is 1. The van der Waals surface area contributed by atoms with Gasteiger partial charge in [0.2, 0.25) is 0 Å². The summed E-state index contributed by atoms with van der Waals surface area (Å²) in [5.41, 5.74) is 1.44. The molecule has 0 heterocycles. The van der Waals surface area contributed by atoms with Crippen LogP contribution in [-0.4, -0.2) is 30.5 Å². The van der Waals surface area contributed by atoms with Crippen molar-refractivity contribution in [1.29, 1.82) is 0 Å². The number of unbranched alkanes of at least 4 members (excludes halogenated alkanes) is 1. The number of aliphatic imine (C=N–C) groups is 1. The fraction of sp³-hybridized carbons (Fsp3) is 0.579. The number of nitrogens with zero attached hydrogens (tertiary/aromatic N) is 1. The Morgan fingerprint density at radius 3 is 2.48 bits per heavy atom. The van der Waals surface area contributed by atoms with Crippen molar-refractivity contribution in [3.05, 3.63) is 35.4 Å².